The van der Waals surface area contributed by atoms with Crippen molar-refractivity contribution in [3.05, 3.63) is 0 Å². The molecule has 1 heterocycles. The van der Waals surface area contributed by atoms with Crippen molar-refractivity contribution in [3.63, 3.8) is 0 Å². The Hall–Kier alpha value is -0.290. The first-order chi connectivity index (χ1) is 7.35. The topological polar surface area (TPSA) is 38.8 Å². The van der Waals surface area contributed by atoms with Gasteiger partial charge in [-0.1, -0.05) is 15.9 Å². The smallest absolute Gasteiger partial charge is 0.410 e. The monoisotopic (exact) mass is 293 g/mol. The SMILES string of the molecule is CC1COC[C@H](CBr)N1C(=O)OC(C)(C)C. The maximum atomic E-state index is 12.0. The van der Waals surface area contributed by atoms with E-state index in [2.05, 4.69) is 15.9 Å². The van der Waals surface area contributed by atoms with E-state index in [1.165, 1.54) is 0 Å². The Kier molecular flexibility index (Phi) is 4.62. The molecular weight excluding hydrogens is 274 g/mol. The van der Waals surface area contributed by atoms with E-state index in [0.717, 1.165) is 0 Å². The number of rotatable bonds is 1. The molecule has 0 aromatic heterocycles. The number of halogens is 1. The summed E-state index contributed by atoms with van der Waals surface area (Å²) >= 11 is 3.40. The van der Waals surface area contributed by atoms with Crippen LogP contribution in [0.15, 0.2) is 0 Å². The molecule has 1 aliphatic heterocycles. The third-order valence-corrected chi connectivity index (χ3v) is 3.07. The number of carbonyl (C=O) groups excluding carboxylic acids is 1. The van der Waals surface area contributed by atoms with Gasteiger partial charge in [0.2, 0.25) is 0 Å². The number of carbonyl (C=O) groups is 1. The van der Waals surface area contributed by atoms with E-state index in [1.54, 1.807) is 4.90 Å². The van der Waals surface area contributed by atoms with Crippen LogP contribution in [0.5, 0.6) is 0 Å². The van der Waals surface area contributed by atoms with Crippen LogP contribution in [0.1, 0.15) is 27.7 Å². The van der Waals surface area contributed by atoms with Gasteiger partial charge in [0.25, 0.3) is 0 Å². The van der Waals surface area contributed by atoms with Gasteiger partial charge in [-0.25, -0.2) is 4.79 Å². The van der Waals surface area contributed by atoms with Gasteiger partial charge in [-0.2, -0.15) is 0 Å². The number of ether oxygens (including phenoxy) is 2. The molecule has 0 bridgehead atoms. The van der Waals surface area contributed by atoms with Crippen molar-refractivity contribution in [2.75, 3.05) is 18.5 Å². The summed E-state index contributed by atoms with van der Waals surface area (Å²) in [7, 11) is 0. The quantitative estimate of drug-likeness (QED) is 0.697. The minimum Gasteiger partial charge on any atom is -0.444 e. The van der Waals surface area contributed by atoms with Gasteiger partial charge in [0, 0.05) is 5.33 Å². The molecule has 94 valence electrons. The van der Waals surface area contributed by atoms with Gasteiger partial charge in [0.15, 0.2) is 0 Å². The van der Waals surface area contributed by atoms with Crippen LogP contribution in [0.4, 0.5) is 4.79 Å². The Bertz CT molecular complexity index is 252. The molecule has 16 heavy (non-hydrogen) atoms. The molecular formula is C11H20BrNO3. The van der Waals surface area contributed by atoms with Crippen LogP contribution >= 0.6 is 15.9 Å². The van der Waals surface area contributed by atoms with Crippen LogP contribution in [0.2, 0.25) is 0 Å². The van der Waals surface area contributed by atoms with Gasteiger partial charge in [-0.05, 0) is 27.7 Å². The fourth-order valence-corrected chi connectivity index (χ4v) is 2.16. The molecule has 1 rings (SSSR count). The largest absolute Gasteiger partial charge is 0.444 e. The van der Waals surface area contributed by atoms with Crippen LogP contribution in [-0.2, 0) is 9.47 Å². The highest BCUT2D eigenvalue weighted by Gasteiger charge is 2.34. The lowest BCUT2D eigenvalue weighted by Gasteiger charge is -2.40. The van der Waals surface area contributed by atoms with Gasteiger partial charge in [-0.15, -0.1) is 0 Å². The molecule has 1 saturated heterocycles. The van der Waals surface area contributed by atoms with Crippen molar-refractivity contribution >= 4 is 22.0 Å². The molecule has 2 atom stereocenters. The Labute approximate surface area is 105 Å². The molecule has 5 heteroatoms. The molecule has 1 fully saturated rings. The number of nitrogens with zero attached hydrogens (tertiary/aromatic N) is 1. The summed E-state index contributed by atoms with van der Waals surface area (Å²) in [6.07, 6.45) is -0.257. The lowest BCUT2D eigenvalue weighted by atomic mass is 10.2. The molecule has 1 unspecified atom stereocenters. The minimum absolute atomic E-state index is 0.0543. The van der Waals surface area contributed by atoms with Crippen LogP contribution in [0.3, 0.4) is 0 Å². The molecule has 0 spiro atoms. The summed E-state index contributed by atoms with van der Waals surface area (Å²) in [5.41, 5.74) is -0.452. The molecule has 0 aromatic rings. The van der Waals surface area contributed by atoms with Crippen molar-refractivity contribution in [2.24, 2.45) is 0 Å². The van der Waals surface area contributed by atoms with Gasteiger partial charge in [-0.3, -0.25) is 4.90 Å². The fourth-order valence-electron chi connectivity index (χ4n) is 1.66. The van der Waals surface area contributed by atoms with E-state index in [-0.39, 0.29) is 18.2 Å². The average Bonchev–Trinajstić information content (AvgIpc) is 2.14. The van der Waals surface area contributed by atoms with Crippen molar-refractivity contribution < 1.29 is 14.3 Å². The van der Waals surface area contributed by atoms with E-state index in [9.17, 15) is 4.79 Å². The maximum Gasteiger partial charge on any atom is 0.410 e. The second-order valence-corrected chi connectivity index (χ2v) is 5.73. The van der Waals surface area contributed by atoms with E-state index in [1.807, 2.05) is 27.7 Å². The predicted molar refractivity (Wildman–Crippen MR) is 65.9 cm³/mol. The predicted octanol–water partition coefficient (Wildman–Crippen LogP) is 2.41. The first kappa shape index (κ1) is 13.8. The molecule has 0 N–H and O–H groups in total. The van der Waals surface area contributed by atoms with Crippen molar-refractivity contribution in [3.8, 4) is 0 Å². The summed E-state index contributed by atoms with van der Waals surface area (Å²) in [5.74, 6) is 0. The highest BCUT2D eigenvalue weighted by Crippen LogP contribution is 2.19. The zero-order valence-electron chi connectivity index (χ0n) is 10.3. The second-order valence-electron chi connectivity index (χ2n) is 5.08. The highest BCUT2D eigenvalue weighted by atomic mass is 79.9. The number of hydrogen-bond donors (Lipinski definition) is 0. The molecule has 0 saturated carbocycles. The second kappa shape index (κ2) is 5.36. The van der Waals surface area contributed by atoms with Gasteiger partial charge in [0.1, 0.15) is 5.60 Å². The summed E-state index contributed by atoms with van der Waals surface area (Å²) in [6, 6.07) is 0.116. The van der Waals surface area contributed by atoms with Crippen LogP contribution in [0, 0.1) is 0 Å². The Morgan fingerprint density at radius 2 is 2.12 bits per heavy atom. The third-order valence-electron chi connectivity index (χ3n) is 2.32. The van der Waals surface area contributed by atoms with Crippen LogP contribution < -0.4 is 0 Å². The highest BCUT2D eigenvalue weighted by molar-refractivity contribution is 9.09. The minimum atomic E-state index is -0.452. The normalized spacial score (nSPS) is 26.7. The van der Waals surface area contributed by atoms with Gasteiger partial charge < -0.3 is 9.47 Å². The number of morpholine rings is 1. The number of hydrogen-bond acceptors (Lipinski definition) is 3. The van der Waals surface area contributed by atoms with Crippen molar-refractivity contribution in [1.29, 1.82) is 0 Å². The Morgan fingerprint density at radius 1 is 1.50 bits per heavy atom. The van der Waals surface area contributed by atoms with Crippen molar-refractivity contribution in [2.45, 2.75) is 45.4 Å². The van der Waals surface area contributed by atoms with Gasteiger partial charge >= 0.3 is 6.09 Å². The third kappa shape index (κ3) is 3.63. The standard InChI is InChI=1S/C11H20BrNO3/c1-8-6-15-7-9(5-12)13(8)10(14)16-11(2,3)4/h8-9H,5-7H2,1-4H3/t8?,9-/m0/s1. The summed E-state index contributed by atoms with van der Waals surface area (Å²) in [6.45, 7) is 8.73. The first-order valence-corrected chi connectivity index (χ1v) is 6.62. The van der Waals surface area contributed by atoms with E-state index >= 15 is 0 Å². The fraction of sp³-hybridized carbons (Fsp3) is 0.909. The average molecular weight is 294 g/mol. The zero-order chi connectivity index (χ0) is 12.3. The lowest BCUT2D eigenvalue weighted by Crippen LogP contribution is -2.55. The van der Waals surface area contributed by atoms with Crippen LogP contribution in [-0.4, -0.2) is 47.2 Å². The van der Waals surface area contributed by atoms with E-state index in [4.69, 9.17) is 9.47 Å². The molecule has 0 aromatic carbocycles. The van der Waals surface area contributed by atoms with Crippen LogP contribution in [0.25, 0.3) is 0 Å². The molecule has 1 amide bonds. The Balaban J connectivity index is 2.70. The summed E-state index contributed by atoms with van der Waals surface area (Å²) < 4.78 is 10.8. The Morgan fingerprint density at radius 3 is 2.62 bits per heavy atom. The van der Waals surface area contributed by atoms with Gasteiger partial charge in [0.05, 0.1) is 25.3 Å². The van der Waals surface area contributed by atoms with E-state index in [0.29, 0.717) is 18.5 Å². The summed E-state index contributed by atoms with van der Waals surface area (Å²) in [4.78, 5) is 13.8. The molecule has 1 aliphatic rings. The lowest BCUT2D eigenvalue weighted by molar-refractivity contribution is -0.0501. The zero-order valence-corrected chi connectivity index (χ0v) is 11.9. The molecule has 0 radical (unpaired) electrons. The van der Waals surface area contributed by atoms with Crippen molar-refractivity contribution in [1.82, 2.24) is 4.90 Å². The summed E-state index contributed by atoms with van der Waals surface area (Å²) in [5, 5.41) is 0.705. The maximum absolute atomic E-state index is 12.0. The number of amides is 1. The molecule has 0 aliphatic carbocycles. The molecule has 4 nitrogen and oxygen atoms in total. The van der Waals surface area contributed by atoms with E-state index < -0.39 is 5.60 Å². The number of alkyl halides is 1. The first-order valence-electron chi connectivity index (χ1n) is 5.50.